The number of aliphatic imine (C=N–C) groups is 1. The molecule has 186 valence electrons. The van der Waals surface area contributed by atoms with Crippen molar-refractivity contribution < 1.29 is 29.1 Å². The maximum atomic E-state index is 12.7. The third-order valence-electron chi connectivity index (χ3n) is 5.79. The second kappa shape index (κ2) is 12.8. The highest BCUT2D eigenvalue weighted by Crippen LogP contribution is 2.29. The summed E-state index contributed by atoms with van der Waals surface area (Å²) in [6, 6.07) is -1.18. The second-order valence-electron chi connectivity index (χ2n) is 8.13. The van der Waals surface area contributed by atoms with Crippen LogP contribution in [0.2, 0.25) is 0 Å². The standard InChI is InChI=1S/C19H31N7O6.ClH/c20-14(27)7-13-18(32)25(10-16(29)30)5-6-26(13)15(28)9-23-17(31)12-3-1-11(2-4-12)8-24-19(21)22;/h11-13H,1-10H2,(H2,20,27)(H,23,31)(H,29,30)(H4,21,22,24);1H/t11?,12?,13-;/m0./s1. The monoisotopic (exact) mass is 489 g/mol. The van der Waals surface area contributed by atoms with Gasteiger partial charge in [-0.05, 0) is 31.6 Å². The molecule has 13 nitrogen and oxygen atoms in total. The van der Waals surface area contributed by atoms with Gasteiger partial charge in [0.1, 0.15) is 12.6 Å². The molecule has 0 bridgehead atoms. The highest BCUT2D eigenvalue weighted by molar-refractivity contribution is 5.95. The van der Waals surface area contributed by atoms with E-state index < -0.39 is 42.7 Å². The molecule has 1 aliphatic heterocycles. The van der Waals surface area contributed by atoms with Crippen LogP contribution in [0, 0.1) is 11.8 Å². The molecule has 2 rings (SSSR count). The average Bonchev–Trinajstić information content (AvgIpc) is 2.73. The van der Waals surface area contributed by atoms with E-state index >= 15 is 0 Å². The van der Waals surface area contributed by atoms with Crippen LogP contribution < -0.4 is 22.5 Å². The molecule has 4 amide bonds. The van der Waals surface area contributed by atoms with E-state index in [9.17, 15) is 24.0 Å². The van der Waals surface area contributed by atoms with Gasteiger partial charge in [0.05, 0.1) is 13.0 Å². The van der Waals surface area contributed by atoms with Gasteiger partial charge in [-0.2, -0.15) is 0 Å². The van der Waals surface area contributed by atoms with Crippen LogP contribution in [0.25, 0.3) is 0 Å². The van der Waals surface area contributed by atoms with Gasteiger partial charge in [0.25, 0.3) is 0 Å². The van der Waals surface area contributed by atoms with E-state index in [1.165, 1.54) is 4.90 Å². The minimum Gasteiger partial charge on any atom is -0.480 e. The normalized spacial score (nSPS) is 22.7. The van der Waals surface area contributed by atoms with Crippen LogP contribution >= 0.6 is 12.4 Å². The molecule has 1 heterocycles. The van der Waals surface area contributed by atoms with Gasteiger partial charge in [-0.3, -0.25) is 29.0 Å². The number of guanidine groups is 1. The van der Waals surface area contributed by atoms with Gasteiger partial charge < -0.3 is 37.4 Å². The molecule has 0 aromatic carbocycles. The van der Waals surface area contributed by atoms with Crippen molar-refractivity contribution in [2.24, 2.45) is 34.0 Å². The zero-order valence-electron chi connectivity index (χ0n) is 18.3. The van der Waals surface area contributed by atoms with Gasteiger partial charge in [-0.25, -0.2) is 0 Å². The Kier molecular flexibility index (Phi) is 10.9. The van der Waals surface area contributed by atoms with Crippen molar-refractivity contribution in [1.82, 2.24) is 15.1 Å². The van der Waals surface area contributed by atoms with E-state index in [2.05, 4.69) is 10.3 Å². The lowest BCUT2D eigenvalue weighted by Crippen LogP contribution is -2.61. The zero-order chi connectivity index (χ0) is 23.8. The molecule has 1 atom stereocenters. The van der Waals surface area contributed by atoms with Gasteiger partial charge in [-0.15, -0.1) is 12.4 Å². The van der Waals surface area contributed by atoms with Crippen LogP contribution in [0.15, 0.2) is 4.99 Å². The van der Waals surface area contributed by atoms with Crippen molar-refractivity contribution in [2.45, 2.75) is 38.1 Å². The molecule has 14 heteroatoms. The van der Waals surface area contributed by atoms with Gasteiger partial charge >= 0.3 is 5.97 Å². The summed E-state index contributed by atoms with van der Waals surface area (Å²) in [5.41, 5.74) is 15.9. The van der Waals surface area contributed by atoms with Crippen LogP contribution in [0.5, 0.6) is 0 Å². The minimum atomic E-state index is -1.20. The zero-order valence-corrected chi connectivity index (χ0v) is 19.1. The van der Waals surface area contributed by atoms with Crippen molar-refractivity contribution in [3.63, 3.8) is 0 Å². The number of carboxylic acids is 1. The number of nitrogens with two attached hydrogens (primary N) is 3. The fourth-order valence-corrected chi connectivity index (χ4v) is 4.10. The summed E-state index contributed by atoms with van der Waals surface area (Å²) in [5, 5.41) is 11.5. The number of carbonyl (C=O) groups excluding carboxylic acids is 4. The molecule has 1 saturated carbocycles. The lowest BCUT2D eigenvalue weighted by molar-refractivity contribution is -0.156. The molecular weight excluding hydrogens is 458 g/mol. The van der Waals surface area contributed by atoms with Crippen LogP contribution in [-0.4, -0.2) is 89.2 Å². The molecule has 1 saturated heterocycles. The topological polar surface area (TPSA) is 215 Å². The van der Waals surface area contributed by atoms with E-state index in [0.29, 0.717) is 25.3 Å². The summed E-state index contributed by atoms with van der Waals surface area (Å²) >= 11 is 0. The Morgan fingerprint density at radius 3 is 2.24 bits per heavy atom. The van der Waals surface area contributed by atoms with Crippen LogP contribution in [0.3, 0.4) is 0 Å². The van der Waals surface area contributed by atoms with E-state index in [-0.39, 0.29) is 49.8 Å². The molecule has 0 aromatic heterocycles. The van der Waals surface area contributed by atoms with E-state index in [0.717, 1.165) is 17.7 Å². The number of piperazine rings is 1. The highest BCUT2D eigenvalue weighted by Gasteiger charge is 2.39. The Labute approximate surface area is 197 Å². The van der Waals surface area contributed by atoms with E-state index in [1.807, 2.05) is 0 Å². The van der Waals surface area contributed by atoms with Crippen LogP contribution in [-0.2, 0) is 24.0 Å². The molecular formula is C19H32ClN7O6. The number of hydrogen-bond donors (Lipinski definition) is 5. The third kappa shape index (κ3) is 8.40. The molecule has 0 aromatic rings. The maximum absolute atomic E-state index is 12.7. The number of carbonyl (C=O) groups is 5. The van der Waals surface area contributed by atoms with Crippen molar-refractivity contribution in [3.05, 3.63) is 0 Å². The molecule has 0 unspecified atom stereocenters. The number of aliphatic carboxylic acids is 1. The molecule has 2 aliphatic rings. The summed E-state index contributed by atoms with van der Waals surface area (Å²) < 4.78 is 0. The fourth-order valence-electron chi connectivity index (χ4n) is 4.10. The number of rotatable bonds is 9. The Bertz CT molecular complexity index is 781. The summed E-state index contributed by atoms with van der Waals surface area (Å²) in [6.07, 6.45) is 2.48. The Hall–Kier alpha value is -3.09. The number of hydrogen-bond acceptors (Lipinski definition) is 6. The van der Waals surface area contributed by atoms with Gasteiger partial charge in [0.2, 0.25) is 23.6 Å². The SMILES string of the molecule is Cl.NC(=O)C[C@H]1C(=O)N(CC(=O)O)CCN1C(=O)CNC(=O)C1CCC(CN=C(N)N)CC1. The summed E-state index contributed by atoms with van der Waals surface area (Å²) in [5.74, 6) is -3.30. The first-order chi connectivity index (χ1) is 15.1. The Balaban J connectivity index is 0.00000544. The smallest absolute Gasteiger partial charge is 0.323 e. The third-order valence-corrected chi connectivity index (χ3v) is 5.79. The van der Waals surface area contributed by atoms with Crippen LogP contribution in [0.4, 0.5) is 0 Å². The van der Waals surface area contributed by atoms with Crippen molar-refractivity contribution in [2.75, 3.05) is 32.7 Å². The molecule has 33 heavy (non-hydrogen) atoms. The van der Waals surface area contributed by atoms with Crippen molar-refractivity contribution >= 4 is 48.0 Å². The number of nitrogens with zero attached hydrogens (tertiary/aromatic N) is 3. The molecule has 0 radical (unpaired) electrons. The van der Waals surface area contributed by atoms with Gasteiger partial charge in [0, 0.05) is 25.6 Å². The molecule has 2 fully saturated rings. The summed E-state index contributed by atoms with van der Waals surface area (Å²) in [6.45, 7) is -0.271. The Morgan fingerprint density at radius 1 is 1.06 bits per heavy atom. The molecule has 8 N–H and O–H groups in total. The van der Waals surface area contributed by atoms with Crippen molar-refractivity contribution in [3.8, 4) is 0 Å². The predicted octanol–water partition coefficient (Wildman–Crippen LogP) is -2.40. The predicted molar refractivity (Wildman–Crippen MR) is 120 cm³/mol. The van der Waals surface area contributed by atoms with Gasteiger partial charge in [0.15, 0.2) is 5.96 Å². The second-order valence-corrected chi connectivity index (χ2v) is 8.13. The number of amides is 4. The number of primary amides is 1. The van der Waals surface area contributed by atoms with E-state index in [4.69, 9.17) is 22.3 Å². The first kappa shape index (κ1) is 27.9. The Morgan fingerprint density at radius 2 is 1.70 bits per heavy atom. The highest BCUT2D eigenvalue weighted by atomic mass is 35.5. The number of carboxylic acid groups (broad SMARTS) is 1. The average molecular weight is 490 g/mol. The molecule has 1 aliphatic carbocycles. The van der Waals surface area contributed by atoms with E-state index in [1.54, 1.807) is 0 Å². The largest absolute Gasteiger partial charge is 0.480 e. The number of halogens is 1. The fraction of sp³-hybridized carbons (Fsp3) is 0.684. The maximum Gasteiger partial charge on any atom is 0.323 e. The minimum absolute atomic E-state index is 0. The van der Waals surface area contributed by atoms with Crippen LogP contribution in [0.1, 0.15) is 32.1 Å². The summed E-state index contributed by atoms with van der Waals surface area (Å²) in [7, 11) is 0. The first-order valence-corrected chi connectivity index (χ1v) is 10.5. The first-order valence-electron chi connectivity index (χ1n) is 10.5. The number of nitrogens with one attached hydrogen (secondary N) is 1. The van der Waals surface area contributed by atoms with Gasteiger partial charge in [-0.1, -0.05) is 0 Å². The quantitative estimate of drug-likeness (QED) is 0.173. The summed E-state index contributed by atoms with van der Waals surface area (Å²) in [4.78, 5) is 66.3. The molecule has 0 spiro atoms. The lowest BCUT2D eigenvalue weighted by atomic mass is 9.81. The van der Waals surface area contributed by atoms with Crippen molar-refractivity contribution in [1.29, 1.82) is 0 Å². The lowest BCUT2D eigenvalue weighted by Gasteiger charge is -2.39.